The predicted molar refractivity (Wildman–Crippen MR) is 68.8 cm³/mol. The van der Waals surface area contributed by atoms with Crippen molar-refractivity contribution in [1.29, 1.82) is 0 Å². The Morgan fingerprint density at radius 2 is 1.47 bits per heavy atom. The fraction of sp³-hybridized carbons (Fsp3) is 0.800. The van der Waals surface area contributed by atoms with E-state index in [4.69, 9.17) is 4.74 Å². The number of rotatable bonds is 0. The number of ether oxygens (including phenoxy) is 1. The molecule has 2 rings (SSSR count). The normalized spacial score (nSPS) is 31.2. The minimum absolute atomic E-state index is 0.0675. The van der Waals surface area contributed by atoms with Gasteiger partial charge in [-0.25, -0.2) is 4.79 Å². The molecule has 1 aliphatic carbocycles. The second kappa shape index (κ2) is 6.83. The van der Waals surface area contributed by atoms with E-state index in [2.05, 4.69) is 6.08 Å². The monoisotopic (exact) mass is 236 g/mol. The van der Waals surface area contributed by atoms with E-state index >= 15 is 0 Å². The highest BCUT2D eigenvalue weighted by Gasteiger charge is 2.34. The lowest BCUT2D eigenvalue weighted by Crippen LogP contribution is -2.36. The summed E-state index contributed by atoms with van der Waals surface area (Å²) in [7, 11) is 0. The van der Waals surface area contributed by atoms with Gasteiger partial charge >= 0.3 is 5.97 Å². The molecule has 0 spiro atoms. The number of fused-ring (bicyclic) bond motifs is 1. The van der Waals surface area contributed by atoms with Crippen LogP contribution in [0, 0.1) is 0 Å². The number of hydrogen-bond acceptors (Lipinski definition) is 2. The van der Waals surface area contributed by atoms with E-state index < -0.39 is 0 Å². The Morgan fingerprint density at radius 1 is 0.882 bits per heavy atom. The van der Waals surface area contributed by atoms with E-state index in [1.807, 2.05) is 0 Å². The first-order valence-electron chi connectivity index (χ1n) is 7.29. The van der Waals surface area contributed by atoms with E-state index in [1.54, 1.807) is 0 Å². The zero-order chi connectivity index (χ0) is 11.9. The van der Waals surface area contributed by atoms with Crippen LogP contribution in [0.4, 0.5) is 0 Å². The Balaban J connectivity index is 1.82. The summed E-state index contributed by atoms with van der Waals surface area (Å²) in [6.45, 7) is 0. The van der Waals surface area contributed by atoms with Gasteiger partial charge in [0.1, 0.15) is 6.10 Å². The first-order chi connectivity index (χ1) is 8.38. The number of carbonyl (C=O) groups is 1. The Hall–Kier alpha value is -0.790. The zero-order valence-corrected chi connectivity index (χ0v) is 10.7. The molecule has 0 bridgehead atoms. The molecule has 0 aromatic rings. The maximum atomic E-state index is 11.3. The summed E-state index contributed by atoms with van der Waals surface area (Å²) < 4.78 is 5.20. The van der Waals surface area contributed by atoms with Crippen molar-refractivity contribution < 1.29 is 9.53 Å². The van der Waals surface area contributed by atoms with Crippen LogP contribution in [0.15, 0.2) is 11.6 Å². The fourth-order valence-electron chi connectivity index (χ4n) is 2.73. The molecule has 1 atom stereocenters. The van der Waals surface area contributed by atoms with Crippen molar-refractivity contribution in [3.63, 3.8) is 0 Å². The molecule has 1 aliphatic heterocycles. The largest absolute Gasteiger partial charge is 0.454 e. The molecule has 1 fully saturated rings. The molecule has 96 valence electrons. The van der Waals surface area contributed by atoms with Gasteiger partial charge in [0.25, 0.3) is 0 Å². The summed E-state index contributed by atoms with van der Waals surface area (Å²) in [6, 6.07) is 0. The molecule has 2 nitrogen and oxygen atoms in total. The van der Waals surface area contributed by atoms with Crippen LogP contribution in [0.2, 0.25) is 0 Å². The Labute approximate surface area is 104 Å². The van der Waals surface area contributed by atoms with E-state index in [9.17, 15) is 4.79 Å². The summed E-state index contributed by atoms with van der Waals surface area (Å²) >= 11 is 0. The average molecular weight is 236 g/mol. The minimum Gasteiger partial charge on any atom is -0.454 e. The lowest BCUT2D eigenvalue weighted by molar-refractivity contribution is -0.156. The Bertz CT molecular complexity index is 281. The standard InChI is InChI=1S/C15H24O2/c16-15-13-11-9-7-5-3-1-2-4-6-8-10-12-14(13)17-15/h11,14H,1-10,12H2/b13-11-. The van der Waals surface area contributed by atoms with Gasteiger partial charge in [0, 0.05) is 0 Å². The predicted octanol–water partition coefficient (Wildman–Crippen LogP) is 4.14. The molecule has 0 amide bonds. The molecule has 2 aliphatic rings. The van der Waals surface area contributed by atoms with Crippen LogP contribution >= 0.6 is 0 Å². The number of esters is 1. The lowest BCUT2D eigenvalue weighted by Gasteiger charge is -2.29. The van der Waals surface area contributed by atoms with Gasteiger partial charge in [-0.2, -0.15) is 0 Å². The lowest BCUT2D eigenvalue weighted by atomic mass is 9.95. The second-order valence-corrected chi connectivity index (χ2v) is 5.31. The first kappa shape index (κ1) is 12.7. The molecular weight excluding hydrogens is 212 g/mol. The highest BCUT2D eigenvalue weighted by Crippen LogP contribution is 2.27. The minimum atomic E-state index is -0.0675. The molecule has 0 saturated carbocycles. The van der Waals surface area contributed by atoms with E-state index in [0.29, 0.717) is 0 Å². The van der Waals surface area contributed by atoms with Crippen LogP contribution < -0.4 is 0 Å². The van der Waals surface area contributed by atoms with Gasteiger partial charge in [0.15, 0.2) is 0 Å². The first-order valence-corrected chi connectivity index (χ1v) is 7.29. The molecule has 0 N–H and O–H groups in total. The van der Waals surface area contributed by atoms with Crippen LogP contribution in [0.25, 0.3) is 0 Å². The molecule has 17 heavy (non-hydrogen) atoms. The van der Waals surface area contributed by atoms with Crippen molar-refractivity contribution in [1.82, 2.24) is 0 Å². The molecule has 0 aromatic carbocycles. The third-order valence-corrected chi connectivity index (χ3v) is 3.87. The van der Waals surface area contributed by atoms with Gasteiger partial charge in [-0.05, 0) is 25.7 Å². The van der Waals surface area contributed by atoms with Crippen LogP contribution in [-0.2, 0) is 9.53 Å². The van der Waals surface area contributed by atoms with Gasteiger partial charge in [0.2, 0.25) is 0 Å². The smallest absolute Gasteiger partial charge is 0.338 e. The zero-order valence-electron chi connectivity index (χ0n) is 10.7. The van der Waals surface area contributed by atoms with Gasteiger partial charge in [-0.3, -0.25) is 0 Å². The van der Waals surface area contributed by atoms with E-state index in [0.717, 1.165) is 18.4 Å². The highest BCUT2D eigenvalue weighted by atomic mass is 16.6. The summed E-state index contributed by atoms with van der Waals surface area (Å²) in [5.41, 5.74) is 0.960. The third-order valence-electron chi connectivity index (χ3n) is 3.87. The number of carbonyl (C=O) groups excluding carboxylic acids is 1. The van der Waals surface area contributed by atoms with Crippen molar-refractivity contribution in [3.8, 4) is 0 Å². The van der Waals surface area contributed by atoms with Crippen LogP contribution in [0.3, 0.4) is 0 Å². The fourth-order valence-corrected chi connectivity index (χ4v) is 2.73. The summed E-state index contributed by atoms with van der Waals surface area (Å²) in [4.78, 5) is 11.3. The van der Waals surface area contributed by atoms with Crippen molar-refractivity contribution in [2.24, 2.45) is 0 Å². The summed E-state index contributed by atoms with van der Waals surface area (Å²) in [5.74, 6) is -0.0675. The maximum absolute atomic E-state index is 11.3. The van der Waals surface area contributed by atoms with Gasteiger partial charge in [-0.1, -0.05) is 51.0 Å². The number of allylic oxidation sites excluding steroid dienone is 1. The molecule has 1 unspecified atom stereocenters. The van der Waals surface area contributed by atoms with Crippen molar-refractivity contribution in [2.75, 3.05) is 0 Å². The van der Waals surface area contributed by atoms with Gasteiger partial charge in [0.05, 0.1) is 5.57 Å². The highest BCUT2D eigenvalue weighted by molar-refractivity contribution is 5.95. The van der Waals surface area contributed by atoms with Crippen molar-refractivity contribution in [3.05, 3.63) is 11.6 Å². The molecule has 1 heterocycles. The maximum Gasteiger partial charge on any atom is 0.338 e. The van der Waals surface area contributed by atoms with Crippen LogP contribution in [-0.4, -0.2) is 12.1 Å². The van der Waals surface area contributed by atoms with Crippen molar-refractivity contribution in [2.45, 2.75) is 76.7 Å². The molecule has 0 radical (unpaired) electrons. The Morgan fingerprint density at radius 3 is 2.12 bits per heavy atom. The van der Waals surface area contributed by atoms with E-state index in [-0.39, 0.29) is 12.1 Å². The third kappa shape index (κ3) is 3.86. The molecular formula is C15H24O2. The molecule has 0 aromatic heterocycles. The van der Waals surface area contributed by atoms with Gasteiger partial charge < -0.3 is 4.74 Å². The van der Waals surface area contributed by atoms with Crippen molar-refractivity contribution >= 4 is 5.97 Å². The average Bonchev–Trinajstić information content (AvgIpc) is 2.32. The van der Waals surface area contributed by atoms with Crippen LogP contribution in [0.1, 0.15) is 70.6 Å². The number of hydrogen-bond donors (Lipinski definition) is 0. The van der Waals surface area contributed by atoms with Gasteiger partial charge in [-0.15, -0.1) is 0 Å². The van der Waals surface area contributed by atoms with Crippen LogP contribution in [0.5, 0.6) is 0 Å². The van der Waals surface area contributed by atoms with E-state index in [1.165, 1.54) is 57.8 Å². The Kier molecular flexibility index (Phi) is 5.08. The topological polar surface area (TPSA) is 26.3 Å². The summed E-state index contributed by atoms with van der Waals surface area (Å²) in [6.07, 6.45) is 16.3. The molecule has 2 heteroatoms. The summed E-state index contributed by atoms with van der Waals surface area (Å²) in [5, 5.41) is 0. The second-order valence-electron chi connectivity index (χ2n) is 5.31. The quantitative estimate of drug-likeness (QED) is 0.591. The SMILES string of the molecule is O=C1OC2CCCCCCCCCCC/C=C\12. The molecule has 1 saturated heterocycles.